The molecule has 0 aliphatic heterocycles. The molecule has 0 spiro atoms. The van der Waals surface area contributed by atoms with Gasteiger partial charge in [-0.3, -0.25) is 4.68 Å². The number of benzene rings is 2. The first-order valence-corrected chi connectivity index (χ1v) is 8.84. The van der Waals surface area contributed by atoms with E-state index in [1.54, 1.807) is 36.4 Å². The van der Waals surface area contributed by atoms with E-state index in [0.717, 1.165) is 4.68 Å². The van der Waals surface area contributed by atoms with Crippen LogP contribution < -0.4 is 4.74 Å². The number of carbonyl (C=O) groups is 1. The first kappa shape index (κ1) is 20.7. The number of hydrogen-bond donors (Lipinski definition) is 0. The van der Waals surface area contributed by atoms with Crippen molar-refractivity contribution in [2.24, 2.45) is 0 Å². The van der Waals surface area contributed by atoms with Gasteiger partial charge in [0.2, 0.25) is 6.10 Å². The van der Waals surface area contributed by atoms with Crippen LogP contribution >= 0.6 is 11.6 Å². The van der Waals surface area contributed by atoms with Crippen molar-refractivity contribution in [2.75, 3.05) is 7.11 Å². The Hall–Kier alpha value is -3.00. The molecule has 0 aliphatic carbocycles. The molecule has 29 heavy (non-hydrogen) atoms. The number of halogens is 4. The maximum Gasteiger partial charge on any atom is 0.408 e. The Morgan fingerprint density at radius 2 is 1.90 bits per heavy atom. The van der Waals surface area contributed by atoms with Gasteiger partial charge in [-0.1, -0.05) is 41.9 Å². The maximum atomic E-state index is 12.6. The van der Waals surface area contributed by atoms with Crippen LogP contribution in [0.4, 0.5) is 13.2 Å². The molecule has 0 bridgehead atoms. The molecule has 0 amide bonds. The molecule has 1 unspecified atom stereocenters. The second kappa shape index (κ2) is 8.57. The van der Waals surface area contributed by atoms with Gasteiger partial charge < -0.3 is 9.47 Å². The van der Waals surface area contributed by atoms with Gasteiger partial charge >= 0.3 is 12.1 Å². The number of carbonyl (C=O) groups excluding carboxylic acids is 1. The van der Waals surface area contributed by atoms with E-state index in [0.29, 0.717) is 16.1 Å². The van der Waals surface area contributed by atoms with E-state index < -0.39 is 24.8 Å². The Morgan fingerprint density at radius 1 is 1.17 bits per heavy atom. The minimum atomic E-state index is -4.40. The largest absolute Gasteiger partial charge is 0.473 e. The number of methoxy groups -OCH3 is 1. The fourth-order valence-corrected chi connectivity index (χ4v) is 2.87. The third-order valence-electron chi connectivity index (χ3n) is 3.96. The van der Waals surface area contributed by atoms with E-state index in [2.05, 4.69) is 5.10 Å². The molecule has 1 aromatic heterocycles. The van der Waals surface area contributed by atoms with E-state index in [4.69, 9.17) is 21.1 Å². The normalized spacial score (nSPS) is 12.4. The third kappa shape index (κ3) is 5.29. The van der Waals surface area contributed by atoms with Crippen LogP contribution in [0.25, 0.3) is 11.3 Å². The number of hydrogen-bond acceptors (Lipinski definition) is 4. The van der Waals surface area contributed by atoms with Crippen LogP contribution in [0.3, 0.4) is 0 Å². The summed E-state index contributed by atoms with van der Waals surface area (Å²) in [5.41, 5.74) is 1.13. The Kier molecular flexibility index (Phi) is 6.12. The van der Waals surface area contributed by atoms with Gasteiger partial charge in [-0.25, -0.2) is 4.79 Å². The highest BCUT2D eigenvalue weighted by Gasteiger charge is 2.29. The van der Waals surface area contributed by atoms with Gasteiger partial charge in [0.05, 0.1) is 12.8 Å². The first-order chi connectivity index (χ1) is 13.8. The summed E-state index contributed by atoms with van der Waals surface area (Å²) in [4.78, 5) is 12.3. The van der Waals surface area contributed by atoms with Crippen molar-refractivity contribution in [2.45, 2.75) is 18.8 Å². The lowest BCUT2D eigenvalue weighted by molar-refractivity contribution is -0.149. The smallest absolute Gasteiger partial charge is 0.408 e. The quantitative estimate of drug-likeness (QED) is 0.519. The molecule has 3 aromatic rings. The molecule has 152 valence electrons. The monoisotopic (exact) mass is 424 g/mol. The summed E-state index contributed by atoms with van der Waals surface area (Å²) in [7, 11) is 1.24. The minimum Gasteiger partial charge on any atom is -0.473 e. The Morgan fingerprint density at radius 3 is 2.55 bits per heavy atom. The molecule has 0 fully saturated rings. The van der Waals surface area contributed by atoms with Crippen LogP contribution in [-0.2, 0) is 16.1 Å². The van der Waals surface area contributed by atoms with Gasteiger partial charge in [-0.05, 0) is 24.3 Å². The molecule has 9 heteroatoms. The van der Waals surface area contributed by atoms with Gasteiger partial charge in [-0.2, -0.15) is 18.3 Å². The average Bonchev–Trinajstić information content (AvgIpc) is 3.13. The average molecular weight is 425 g/mol. The van der Waals surface area contributed by atoms with Crippen molar-refractivity contribution in [3.8, 4) is 17.0 Å². The standard InChI is InChI=1S/C20H16ClF3N2O3/c1-28-19(27)18(13-5-3-2-4-6-13)29-17-8-7-14(21)11-15(17)16-9-10-26(25-16)12-20(22,23)24/h2-11,18H,12H2,1H3. The maximum absolute atomic E-state index is 12.6. The van der Waals surface area contributed by atoms with E-state index in [-0.39, 0.29) is 11.4 Å². The molecule has 0 saturated carbocycles. The van der Waals surface area contributed by atoms with Gasteiger partial charge in [0.25, 0.3) is 0 Å². The predicted octanol–water partition coefficient (Wildman–Crippen LogP) is 5.06. The lowest BCUT2D eigenvalue weighted by Gasteiger charge is -2.19. The summed E-state index contributed by atoms with van der Waals surface area (Å²) in [6, 6.07) is 14.7. The van der Waals surface area contributed by atoms with Gasteiger partial charge in [0, 0.05) is 22.3 Å². The van der Waals surface area contributed by atoms with Crippen LogP contribution in [0.5, 0.6) is 5.75 Å². The first-order valence-electron chi connectivity index (χ1n) is 8.46. The topological polar surface area (TPSA) is 53.4 Å². The highest BCUT2D eigenvalue weighted by molar-refractivity contribution is 6.31. The molecule has 1 heterocycles. The molecular weight excluding hydrogens is 409 g/mol. The minimum absolute atomic E-state index is 0.225. The molecule has 0 saturated heterocycles. The zero-order valence-corrected chi connectivity index (χ0v) is 15.9. The number of nitrogens with zero attached hydrogens (tertiary/aromatic N) is 2. The molecule has 1 atom stereocenters. The van der Waals surface area contributed by atoms with E-state index in [1.165, 1.54) is 31.5 Å². The molecule has 3 rings (SSSR count). The van der Waals surface area contributed by atoms with Gasteiger partial charge in [0.15, 0.2) is 0 Å². The third-order valence-corrected chi connectivity index (χ3v) is 4.20. The number of esters is 1. The molecular formula is C20H16ClF3N2O3. The highest BCUT2D eigenvalue weighted by atomic mass is 35.5. The second-order valence-electron chi connectivity index (χ2n) is 6.09. The Balaban J connectivity index is 1.97. The molecule has 2 aromatic carbocycles. The Bertz CT molecular complexity index is 990. The number of aromatic nitrogens is 2. The SMILES string of the molecule is COC(=O)C(Oc1ccc(Cl)cc1-c1ccn(CC(F)(F)F)n1)c1ccccc1. The zero-order chi connectivity index (χ0) is 21.0. The van der Waals surface area contributed by atoms with Crippen LogP contribution in [0.1, 0.15) is 11.7 Å². The highest BCUT2D eigenvalue weighted by Crippen LogP contribution is 2.35. The summed E-state index contributed by atoms with van der Waals surface area (Å²) in [6.07, 6.45) is -4.26. The van der Waals surface area contributed by atoms with Gasteiger partial charge in [0.1, 0.15) is 12.3 Å². The summed E-state index contributed by atoms with van der Waals surface area (Å²) < 4.78 is 49.4. The lowest BCUT2D eigenvalue weighted by atomic mass is 10.1. The van der Waals surface area contributed by atoms with Crippen molar-refractivity contribution >= 4 is 17.6 Å². The lowest BCUT2D eigenvalue weighted by Crippen LogP contribution is -2.20. The number of alkyl halides is 3. The summed E-state index contributed by atoms with van der Waals surface area (Å²) >= 11 is 6.06. The van der Waals surface area contributed by atoms with E-state index in [1.807, 2.05) is 0 Å². The van der Waals surface area contributed by atoms with Crippen LogP contribution in [0.15, 0.2) is 60.8 Å². The Labute approximate surface area is 169 Å². The fourth-order valence-electron chi connectivity index (χ4n) is 2.70. The van der Waals surface area contributed by atoms with Crippen molar-refractivity contribution in [3.05, 3.63) is 71.4 Å². The second-order valence-corrected chi connectivity index (χ2v) is 6.52. The van der Waals surface area contributed by atoms with E-state index >= 15 is 0 Å². The molecule has 0 N–H and O–H groups in total. The van der Waals surface area contributed by atoms with Crippen molar-refractivity contribution in [3.63, 3.8) is 0 Å². The number of ether oxygens (including phenoxy) is 2. The van der Waals surface area contributed by atoms with Crippen molar-refractivity contribution in [1.82, 2.24) is 9.78 Å². The number of rotatable bonds is 6. The summed E-state index contributed by atoms with van der Waals surface area (Å²) in [5.74, 6) is -0.398. The summed E-state index contributed by atoms with van der Waals surface area (Å²) in [5, 5.41) is 4.29. The summed E-state index contributed by atoms with van der Waals surface area (Å²) in [6.45, 7) is -1.22. The van der Waals surface area contributed by atoms with Crippen LogP contribution in [-0.4, -0.2) is 29.0 Å². The predicted molar refractivity (Wildman–Crippen MR) is 101 cm³/mol. The van der Waals surface area contributed by atoms with Gasteiger partial charge in [-0.15, -0.1) is 0 Å². The molecule has 0 radical (unpaired) electrons. The van der Waals surface area contributed by atoms with E-state index in [9.17, 15) is 18.0 Å². The van der Waals surface area contributed by atoms with Crippen molar-refractivity contribution in [1.29, 1.82) is 0 Å². The zero-order valence-electron chi connectivity index (χ0n) is 15.2. The molecule has 0 aliphatic rings. The van der Waals surface area contributed by atoms with Crippen molar-refractivity contribution < 1.29 is 27.4 Å². The van der Waals surface area contributed by atoms with Crippen LogP contribution in [0.2, 0.25) is 5.02 Å². The fraction of sp³-hybridized carbons (Fsp3) is 0.200. The van der Waals surface area contributed by atoms with Crippen LogP contribution in [0, 0.1) is 0 Å². The molecule has 5 nitrogen and oxygen atoms in total.